The van der Waals surface area contributed by atoms with E-state index in [1.54, 1.807) is 12.1 Å². The molecule has 1 heterocycles. The van der Waals surface area contributed by atoms with E-state index >= 15 is 0 Å². The Morgan fingerprint density at radius 2 is 1.75 bits per heavy atom. The van der Waals surface area contributed by atoms with Gasteiger partial charge in [0.15, 0.2) is 6.61 Å². The van der Waals surface area contributed by atoms with Crippen molar-refractivity contribution in [1.82, 2.24) is 10.2 Å². The van der Waals surface area contributed by atoms with Crippen LogP contribution in [0.5, 0.6) is 0 Å². The van der Waals surface area contributed by atoms with Crippen LogP contribution >= 0.6 is 23.5 Å². The molecule has 1 aromatic carbocycles. The Labute approximate surface area is 175 Å². The van der Waals surface area contributed by atoms with Gasteiger partial charge in [-0.1, -0.05) is 12.1 Å². The van der Waals surface area contributed by atoms with Gasteiger partial charge in [0.2, 0.25) is 5.91 Å². The Balaban J connectivity index is 1.80. The lowest BCUT2D eigenvalue weighted by atomic mass is 10.1. The molecule has 1 aliphatic rings. The van der Waals surface area contributed by atoms with Crippen LogP contribution < -0.4 is 5.32 Å². The van der Waals surface area contributed by atoms with Gasteiger partial charge in [0.25, 0.3) is 5.91 Å². The highest BCUT2D eigenvalue weighted by molar-refractivity contribution is 8.16. The number of benzene rings is 1. The first kappa shape index (κ1) is 22.6. The summed E-state index contributed by atoms with van der Waals surface area (Å²) in [5.41, 5.74) is 1.23. The number of rotatable bonds is 6. The Bertz CT molecular complexity index is 695. The van der Waals surface area contributed by atoms with Crippen molar-refractivity contribution in [1.29, 1.82) is 0 Å². The minimum Gasteiger partial charge on any atom is -0.452 e. The minimum absolute atomic E-state index is 0.0843. The zero-order valence-electron chi connectivity index (χ0n) is 16.8. The largest absolute Gasteiger partial charge is 0.452 e. The number of amides is 2. The average molecular weight is 425 g/mol. The van der Waals surface area contributed by atoms with Crippen molar-refractivity contribution in [2.45, 2.75) is 37.3 Å². The molecule has 0 atom stereocenters. The molecule has 1 aromatic rings. The van der Waals surface area contributed by atoms with Crippen LogP contribution in [0.15, 0.2) is 24.3 Å². The smallest absolute Gasteiger partial charge is 0.338 e. The summed E-state index contributed by atoms with van der Waals surface area (Å²) in [6.07, 6.45) is 1.23. The number of carbonyl (C=O) groups excluding carboxylic acids is 3. The maximum absolute atomic E-state index is 12.2. The fourth-order valence-electron chi connectivity index (χ4n) is 2.54. The van der Waals surface area contributed by atoms with Crippen LogP contribution in [-0.4, -0.2) is 59.9 Å². The Kier molecular flexibility index (Phi) is 8.24. The third kappa shape index (κ3) is 7.39. The third-order valence-electron chi connectivity index (χ3n) is 3.89. The van der Waals surface area contributed by atoms with Crippen molar-refractivity contribution in [3.8, 4) is 0 Å². The molecular formula is C20H28N2O4S2. The van der Waals surface area contributed by atoms with Crippen molar-refractivity contribution in [3.05, 3.63) is 35.4 Å². The lowest BCUT2D eigenvalue weighted by Crippen LogP contribution is -2.46. The molecule has 6 nitrogen and oxygen atoms in total. The number of hydrogen-bond acceptors (Lipinski definition) is 6. The summed E-state index contributed by atoms with van der Waals surface area (Å²) in [5, 5.41) is 2.78. The van der Waals surface area contributed by atoms with Gasteiger partial charge >= 0.3 is 5.97 Å². The molecule has 2 amide bonds. The molecule has 1 aliphatic heterocycles. The molecule has 0 unspecified atom stereocenters. The summed E-state index contributed by atoms with van der Waals surface area (Å²) >= 11 is 3.84. The number of likely N-dealkylation sites (N-methyl/N-ethyl adjacent to an activating group) is 1. The Morgan fingerprint density at radius 1 is 1.14 bits per heavy atom. The molecule has 1 N–H and O–H groups in total. The lowest BCUT2D eigenvalue weighted by molar-refractivity contribution is -0.137. The first-order valence-corrected chi connectivity index (χ1v) is 11.3. The number of carbonyl (C=O) groups is 3. The maximum atomic E-state index is 12.2. The normalized spacial score (nSPS) is 15.0. The number of nitrogens with zero attached hydrogens (tertiary/aromatic N) is 1. The maximum Gasteiger partial charge on any atom is 0.338 e. The van der Waals surface area contributed by atoms with Crippen LogP contribution in [0.2, 0.25) is 0 Å². The van der Waals surface area contributed by atoms with E-state index in [-0.39, 0.29) is 18.0 Å². The molecule has 154 valence electrons. The molecular weight excluding hydrogens is 396 g/mol. The van der Waals surface area contributed by atoms with Crippen molar-refractivity contribution in [2.75, 3.05) is 31.7 Å². The van der Waals surface area contributed by atoms with Gasteiger partial charge in [0.05, 0.1) is 16.7 Å². The van der Waals surface area contributed by atoms with Crippen LogP contribution in [0.3, 0.4) is 0 Å². The van der Waals surface area contributed by atoms with Crippen LogP contribution in [0.1, 0.15) is 47.7 Å². The van der Waals surface area contributed by atoms with Gasteiger partial charge in [0.1, 0.15) is 0 Å². The fourth-order valence-corrected chi connectivity index (χ4v) is 5.43. The van der Waals surface area contributed by atoms with E-state index < -0.39 is 18.5 Å². The molecule has 0 spiro atoms. The van der Waals surface area contributed by atoms with E-state index in [2.05, 4.69) is 5.32 Å². The van der Waals surface area contributed by atoms with Gasteiger partial charge in [-0.2, -0.15) is 0 Å². The Morgan fingerprint density at radius 3 is 2.32 bits per heavy atom. The van der Waals surface area contributed by atoms with Gasteiger partial charge in [-0.05, 0) is 56.4 Å². The Hall–Kier alpha value is -1.67. The molecule has 0 saturated carbocycles. The SMILES string of the molecule is CN(CC(=O)NC(C)(C)C)C(=O)COC(=O)c1ccc(C2SCCCS2)cc1. The van der Waals surface area contributed by atoms with Gasteiger partial charge < -0.3 is 15.0 Å². The van der Waals surface area contributed by atoms with E-state index in [0.29, 0.717) is 10.1 Å². The number of thioether (sulfide) groups is 2. The van der Waals surface area contributed by atoms with Crippen LogP contribution in [0.4, 0.5) is 0 Å². The van der Waals surface area contributed by atoms with Crippen molar-refractivity contribution in [3.63, 3.8) is 0 Å². The highest BCUT2D eigenvalue weighted by atomic mass is 32.2. The average Bonchev–Trinajstić information content (AvgIpc) is 2.65. The van der Waals surface area contributed by atoms with Crippen molar-refractivity contribution in [2.24, 2.45) is 0 Å². The number of esters is 1. The molecule has 1 fully saturated rings. The number of hydrogen-bond donors (Lipinski definition) is 1. The van der Waals surface area contributed by atoms with E-state index in [1.807, 2.05) is 56.4 Å². The minimum atomic E-state index is -0.545. The molecule has 0 aliphatic carbocycles. The van der Waals surface area contributed by atoms with Crippen LogP contribution in [-0.2, 0) is 14.3 Å². The first-order chi connectivity index (χ1) is 13.2. The molecule has 2 rings (SSSR count). The molecule has 0 bridgehead atoms. The second-order valence-electron chi connectivity index (χ2n) is 7.67. The summed E-state index contributed by atoms with van der Waals surface area (Å²) in [7, 11) is 1.51. The summed E-state index contributed by atoms with van der Waals surface area (Å²) in [5.74, 6) is 1.08. The van der Waals surface area contributed by atoms with Crippen molar-refractivity contribution < 1.29 is 19.1 Å². The summed E-state index contributed by atoms with van der Waals surface area (Å²) in [6, 6.07) is 7.35. The zero-order chi connectivity index (χ0) is 20.7. The second kappa shape index (κ2) is 10.2. The van der Waals surface area contributed by atoms with Gasteiger partial charge in [-0.25, -0.2) is 4.79 Å². The van der Waals surface area contributed by atoms with Crippen molar-refractivity contribution >= 4 is 41.3 Å². The van der Waals surface area contributed by atoms with E-state index in [4.69, 9.17) is 4.74 Å². The first-order valence-electron chi connectivity index (χ1n) is 9.21. The highest BCUT2D eigenvalue weighted by Crippen LogP contribution is 2.43. The quantitative estimate of drug-likeness (QED) is 0.708. The number of ether oxygens (including phenoxy) is 1. The predicted molar refractivity (Wildman–Crippen MR) is 115 cm³/mol. The van der Waals surface area contributed by atoms with E-state index in [1.165, 1.54) is 23.9 Å². The van der Waals surface area contributed by atoms with Gasteiger partial charge in [-0.3, -0.25) is 9.59 Å². The standard InChI is InChI=1S/C20H28N2O4S2/c1-20(2,3)21-16(23)12-22(4)17(24)13-26-18(25)14-6-8-15(9-7-14)19-27-10-5-11-28-19/h6-9,19H,5,10-13H2,1-4H3,(H,21,23). The molecule has 0 radical (unpaired) electrons. The molecule has 0 aromatic heterocycles. The molecule has 1 saturated heterocycles. The second-order valence-corrected chi connectivity index (χ2v) is 10.4. The van der Waals surface area contributed by atoms with E-state index in [0.717, 1.165) is 11.5 Å². The van der Waals surface area contributed by atoms with Gasteiger partial charge in [-0.15, -0.1) is 23.5 Å². The summed E-state index contributed by atoms with van der Waals surface area (Å²) in [4.78, 5) is 37.4. The fraction of sp³-hybridized carbons (Fsp3) is 0.550. The summed E-state index contributed by atoms with van der Waals surface area (Å²) < 4.78 is 5.52. The van der Waals surface area contributed by atoms with E-state index in [9.17, 15) is 14.4 Å². The van der Waals surface area contributed by atoms with Crippen LogP contribution in [0.25, 0.3) is 0 Å². The molecule has 28 heavy (non-hydrogen) atoms. The molecule has 8 heteroatoms. The number of nitrogens with one attached hydrogen (secondary N) is 1. The summed E-state index contributed by atoms with van der Waals surface area (Å²) in [6.45, 7) is 5.12. The van der Waals surface area contributed by atoms with Gasteiger partial charge in [0, 0.05) is 12.6 Å². The van der Waals surface area contributed by atoms with Crippen LogP contribution in [0, 0.1) is 0 Å². The zero-order valence-corrected chi connectivity index (χ0v) is 18.5. The topological polar surface area (TPSA) is 75.7 Å². The highest BCUT2D eigenvalue weighted by Gasteiger charge is 2.20. The lowest BCUT2D eigenvalue weighted by Gasteiger charge is -2.23. The third-order valence-corrected chi connectivity index (χ3v) is 6.91. The predicted octanol–water partition coefficient (Wildman–Crippen LogP) is 3.09. The monoisotopic (exact) mass is 424 g/mol.